The highest BCUT2D eigenvalue weighted by Gasteiger charge is 2.18. The highest BCUT2D eigenvalue weighted by Crippen LogP contribution is 2.21. The summed E-state index contributed by atoms with van der Waals surface area (Å²) < 4.78 is 29.6. The first-order valence-electron chi connectivity index (χ1n) is 10.1. The zero-order chi connectivity index (χ0) is 18.4. The highest BCUT2D eigenvalue weighted by molar-refractivity contribution is 7.86. The predicted molar refractivity (Wildman–Crippen MR) is 105 cm³/mol. The van der Waals surface area contributed by atoms with Gasteiger partial charge in [0.05, 0.1) is 11.5 Å². The summed E-state index contributed by atoms with van der Waals surface area (Å²) in [6.45, 7) is 4.40. The first-order chi connectivity index (χ1) is 12.1. The van der Waals surface area contributed by atoms with Crippen molar-refractivity contribution in [2.45, 2.75) is 95.8 Å². The van der Waals surface area contributed by atoms with E-state index in [-0.39, 0.29) is 6.61 Å². The monoisotopic (exact) mass is 368 g/mol. The highest BCUT2D eigenvalue weighted by atomic mass is 32.2. The lowest BCUT2D eigenvalue weighted by Gasteiger charge is -2.10. The lowest BCUT2D eigenvalue weighted by atomic mass is 10.0. The first-order valence-corrected chi connectivity index (χ1v) is 11.5. The fraction of sp³-hybridized carbons (Fsp3) is 0.714. The van der Waals surface area contributed by atoms with Gasteiger partial charge in [-0.05, 0) is 30.9 Å². The molecular weight excluding hydrogens is 332 g/mol. The maximum absolute atomic E-state index is 12.3. The summed E-state index contributed by atoms with van der Waals surface area (Å²) in [6.07, 6.45) is 14.4. The minimum Gasteiger partial charge on any atom is -0.266 e. The fourth-order valence-electron chi connectivity index (χ4n) is 3.01. The maximum Gasteiger partial charge on any atom is 0.297 e. The normalized spacial score (nSPS) is 11.8. The van der Waals surface area contributed by atoms with E-state index >= 15 is 0 Å². The standard InChI is InChI=1S/C21H36O3S/c1-3-5-6-7-8-9-10-11-12-13-16-20-17-14-15-18-21(20)25(22,23)24-19-4-2/h14-15,17-18H,3-13,16,19H2,1-2H3. The van der Waals surface area contributed by atoms with Crippen LogP contribution in [0, 0.1) is 0 Å². The Morgan fingerprint density at radius 2 is 1.32 bits per heavy atom. The Morgan fingerprint density at radius 3 is 1.92 bits per heavy atom. The second kappa shape index (κ2) is 13.3. The molecule has 0 fully saturated rings. The molecule has 0 radical (unpaired) electrons. The van der Waals surface area contributed by atoms with Crippen LogP contribution < -0.4 is 0 Å². The van der Waals surface area contributed by atoms with Crippen LogP contribution in [0.3, 0.4) is 0 Å². The van der Waals surface area contributed by atoms with Gasteiger partial charge in [0.2, 0.25) is 0 Å². The molecule has 25 heavy (non-hydrogen) atoms. The van der Waals surface area contributed by atoms with Crippen LogP contribution in [0.25, 0.3) is 0 Å². The molecule has 0 aliphatic rings. The molecule has 0 aliphatic carbocycles. The number of benzene rings is 1. The number of aryl methyl sites for hydroxylation is 1. The molecule has 0 amide bonds. The van der Waals surface area contributed by atoms with Crippen molar-refractivity contribution in [2.24, 2.45) is 0 Å². The number of hydrogen-bond acceptors (Lipinski definition) is 3. The van der Waals surface area contributed by atoms with Crippen molar-refractivity contribution in [1.29, 1.82) is 0 Å². The van der Waals surface area contributed by atoms with Crippen molar-refractivity contribution in [2.75, 3.05) is 6.61 Å². The van der Waals surface area contributed by atoms with E-state index in [0.29, 0.717) is 11.3 Å². The second-order valence-electron chi connectivity index (χ2n) is 6.82. The van der Waals surface area contributed by atoms with Gasteiger partial charge in [-0.15, -0.1) is 0 Å². The Balaban J connectivity index is 2.29. The molecule has 0 saturated carbocycles. The van der Waals surface area contributed by atoms with Crippen LogP contribution in [-0.4, -0.2) is 15.0 Å². The molecule has 144 valence electrons. The van der Waals surface area contributed by atoms with Crippen molar-refractivity contribution in [1.82, 2.24) is 0 Å². The summed E-state index contributed by atoms with van der Waals surface area (Å²) in [6, 6.07) is 7.25. The van der Waals surface area contributed by atoms with Gasteiger partial charge < -0.3 is 0 Å². The van der Waals surface area contributed by atoms with E-state index in [2.05, 4.69) is 6.92 Å². The van der Waals surface area contributed by atoms with E-state index < -0.39 is 10.1 Å². The van der Waals surface area contributed by atoms with Crippen LogP contribution in [0.4, 0.5) is 0 Å². The second-order valence-corrected chi connectivity index (χ2v) is 8.40. The lowest BCUT2D eigenvalue weighted by Crippen LogP contribution is -2.10. The summed E-state index contributed by atoms with van der Waals surface area (Å²) in [5.74, 6) is 0. The van der Waals surface area contributed by atoms with E-state index in [1.807, 2.05) is 19.1 Å². The van der Waals surface area contributed by atoms with Gasteiger partial charge in [-0.3, -0.25) is 4.18 Å². The first kappa shape index (κ1) is 22.2. The smallest absolute Gasteiger partial charge is 0.266 e. The Hall–Kier alpha value is -0.870. The molecule has 1 aromatic rings. The molecule has 1 aromatic carbocycles. The van der Waals surface area contributed by atoms with Crippen molar-refractivity contribution in [3.8, 4) is 0 Å². The summed E-state index contributed by atoms with van der Waals surface area (Å²) in [5.41, 5.74) is 0.887. The topological polar surface area (TPSA) is 43.4 Å². The van der Waals surface area contributed by atoms with Crippen molar-refractivity contribution < 1.29 is 12.6 Å². The molecule has 0 saturated heterocycles. The molecule has 0 N–H and O–H groups in total. The molecule has 0 atom stereocenters. The van der Waals surface area contributed by atoms with Gasteiger partial charge in [0.15, 0.2) is 0 Å². The van der Waals surface area contributed by atoms with Crippen LogP contribution in [-0.2, 0) is 20.7 Å². The van der Waals surface area contributed by atoms with Crippen molar-refractivity contribution in [3.63, 3.8) is 0 Å². The fourth-order valence-corrected chi connectivity index (χ4v) is 4.26. The molecule has 4 heteroatoms. The van der Waals surface area contributed by atoms with Gasteiger partial charge in [0, 0.05) is 0 Å². The van der Waals surface area contributed by atoms with Crippen molar-refractivity contribution >= 4 is 10.1 Å². The van der Waals surface area contributed by atoms with Gasteiger partial charge in [-0.1, -0.05) is 89.8 Å². The molecular formula is C21H36O3S. The number of rotatable bonds is 15. The Kier molecular flexibility index (Phi) is 11.8. The predicted octanol–water partition coefficient (Wildman–Crippen LogP) is 6.27. The van der Waals surface area contributed by atoms with E-state index in [1.54, 1.807) is 12.1 Å². The van der Waals surface area contributed by atoms with Gasteiger partial charge in [0.1, 0.15) is 0 Å². The molecule has 0 spiro atoms. The van der Waals surface area contributed by atoms with Gasteiger partial charge >= 0.3 is 0 Å². The summed E-state index contributed by atoms with van der Waals surface area (Å²) >= 11 is 0. The van der Waals surface area contributed by atoms with Crippen molar-refractivity contribution in [3.05, 3.63) is 29.8 Å². The van der Waals surface area contributed by atoms with E-state index in [9.17, 15) is 8.42 Å². The summed E-state index contributed by atoms with van der Waals surface area (Å²) in [4.78, 5) is 0.347. The average Bonchev–Trinajstić information content (AvgIpc) is 2.62. The molecule has 0 aliphatic heterocycles. The van der Waals surface area contributed by atoms with E-state index in [0.717, 1.165) is 18.4 Å². The zero-order valence-corrected chi connectivity index (χ0v) is 17.0. The maximum atomic E-state index is 12.3. The van der Waals surface area contributed by atoms with Crippen LogP contribution in [0.5, 0.6) is 0 Å². The van der Waals surface area contributed by atoms with Gasteiger partial charge in [-0.25, -0.2) is 0 Å². The Bertz CT molecular complexity index is 552. The minimum atomic E-state index is -3.62. The third-order valence-corrected chi connectivity index (χ3v) is 5.90. The molecule has 0 bridgehead atoms. The van der Waals surface area contributed by atoms with E-state index in [1.165, 1.54) is 57.8 Å². The molecule has 1 rings (SSSR count). The number of hydrogen-bond donors (Lipinski definition) is 0. The minimum absolute atomic E-state index is 0.245. The van der Waals surface area contributed by atoms with Gasteiger partial charge in [0.25, 0.3) is 10.1 Å². The third-order valence-electron chi connectivity index (χ3n) is 4.48. The molecule has 0 aromatic heterocycles. The van der Waals surface area contributed by atoms with E-state index in [4.69, 9.17) is 4.18 Å². The van der Waals surface area contributed by atoms with Crippen LogP contribution in [0.15, 0.2) is 29.2 Å². The van der Waals surface area contributed by atoms with Gasteiger partial charge in [-0.2, -0.15) is 8.42 Å². The van der Waals surface area contributed by atoms with Crippen LogP contribution in [0.2, 0.25) is 0 Å². The van der Waals surface area contributed by atoms with Crippen LogP contribution in [0.1, 0.15) is 90.0 Å². The van der Waals surface area contributed by atoms with Crippen LogP contribution >= 0.6 is 0 Å². The summed E-state index contributed by atoms with van der Waals surface area (Å²) in [7, 11) is -3.62. The average molecular weight is 369 g/mol. The lowest BCUT2D eigenvalue weighted by molar-refractivity contribution is 0.317. The Morgan fingerprint density at radius 1 is 0.760 bits per heavy atom. The Labute approximate surface area is 155 Å². The molecule has 0 heterocycles. The zero-order valence-electron chi connectivity index (χ0n) is 16.1. The molecule has 3 nitrogen and oxygen atoms in total. The number of unbranched alkanes of at least 4 members (excludes halogenated alkanes) is 9. The molecule has 0 unspecified atom stereocenters. The summed E-state index contributed by atoms with van der Waals surface area (Å²) in [5, 5.41) is 0. The SMILES string of the molecule is CCCCCCCCCCCCc1ccccc1S(=O)(=O)OCCC. The third kappa shape index (κ3) is 9.41. The quantitative estimate of drug-likeness (QED) is 0.271. The largest absolute Gasteiger partial charge is 0.297 e.